The minimum Gasteiger partial charge on any atom is -0.496 e. The Balaban J connectivity index is 0.00000364. The van der Waals surface area contributed by atoms with E-state index in [-0.39, 0.29) is 36.1 Å². The summed E-state index contributed by atoms with van der Waals surface area (Å²) in [4.78, 5) is 24.8. The van der Waals surface area contributed by atoms with E-state index in [2.05, 4.69) is 5.32 Å². The van der Waals surface area contributed by atoms with Gasteiger partial charge in [-0.15, -0.1) is 12.4 Å². The van der Waals surface area contributed by atoms with E-state index in [9.17, 15) is 9.59 Å². The quantitative estimate of drug-likeness (QED) is 0.536. The lowest BCUT2D eigenvalue weighted by Crippen LogP contribution is -2.32. The summed E-state index contributed by atoms with van der Waals surface area (Å²) < 4.78 is 10.3. The van der Waals surface area contributed by atoms with Crippen molar-refractivity contribution >= 4 is 41.6 Å². The number of carbonyl (C=O) groups excluding carboxylic acids is 2. The number of nitrogens with two attached hydrogens (primary N) is 1. The maximum atomic E-state index is 12.6. The van der Waals surface area contributed by atoms with Crippen LogP contribution in [-0.4, -0.2) is 32.1 Å². The first kappa shape index (κ1) is 22.6. The molecule has 0 heterocycles. The highest BCUT2D eigenvalue weighted by Crippen LogP contribution is 2.29. The molecule has 2 aromatic rings. The standard InChI is InChI=1S/C19H21ClN2O4.ClH/c1-3-26-19(24)14(12-7-5-4-6-8-12)11-22-18(23)13-9-15(20)16(21)10-17(13)25-2;/h4-10,14H,3,11,21H2,1-2H3,(H,22,23);1H. The first-order chi connectivity index (χ1) is 12.5. The molecule has 0 radical (unpaired) electrons. The molecule has 1 amide bonds. The van der Waals surface area contributed by atoms with E-state index >= 15 is 0 Å². The van der Waals surface area contributed by atoms with Crippen LogP contribution in [0, 0.1) is 0 Å². The molecule has 146 valence electrons. The summed E-state index contributed by atoms with van der Waals surface area (Å²) in [6.07, 6.45) is 0. The molecule has 0 aromatic heterocycles. The van der Waals surface area contributed by atoms with Crippen LogP contribution in [0.2, 0.25) is 5.02 Å². The summed E-state index contributed by atoms with van der Waals surface area (Å²) in [6, 6.07) is 12.1. The van der Waals surface area contributed by atoms with E-state index in [0.29, 0.717) is 11.4 Å². The van der Waals surface area contributed by atoms with Crippen molar-refractivity contribution in [3.63, 3.8) is 0 Å². The Morgan fingerprint density at radius 2 is 1.89 bits per heavy atom. The normalized spacial score (nSPS) is 11.1. The molecule has 1 unspecified atom stereocenters. The number of halogens is 2. The average Bonchev–Trinajstić information content (AvgIpc) is 2.64. The number of carbonyl (C=O) groups is 2. The lowest BCUT2D eigenvalue weighted by atomic mass is 9.99. The monoisotopic (exact) mass is 412 g/mol. The Hall–Kier alpha value is -2.44. The van der Waals surface area contributed by atoms with Gasteiger partial charge in [0.25, 0.3) is 5.91 Å². The van der Waals surface area contributed by atoms with Gasteiger partial charge in [0.15, 0.2) is 0 Å². The van der Waals surface area contributed by atoms with Gasteiger partial charge >= 0.3 is 5.97 Å². The van der Waals surface area contributed by atoms with Gasteiger partial charge in [0.2, 0.25) is 0 Å². The Morgan fingerprint density at radius 1 is 1.22 bits per heavy atom. The highest BCUT2D eigenvalue weighted by molar-refractivity contribution is 6.33. The molecule has 27 heavy (non-hydrogen) atoms. The number of nitrogens with one attached hydrogen (secondary N) is 1. The lowest BCUT2D eigenvalue weighted by molar-refractivity contribution is -0.144. The second-order valence-electron chi connectivity index (χ2n) is 5.50. The van der Waals surface area contributed by atoms with Gasteiger partial charge in [-0.25, -0.2) is 0 Å². The van der Waals surface area contributed by atoms with Gasteiger partial charge in [0.05, 0.1) is 35.9 Å². The Labute approximate surface area is 169 Å². The van der Waals surface area contributed by atoms with Crippen LogP contribution in [0.5, 0.6) is 5.75 Å². The van der Waals surface area contributed by atoms with Gasteiger partial charge < -0.3 is 20.5 Å². The molecule has 0 aliphatic heterocycles. The molecular formula is C19H22Cl2N2O4. The summed E-state index contributed by atoms with van der Waals surface area (Å²) in [5.74, 6) is -1.14. The number of methoxy groups -OCH3 is 1. The van der Waals surface area contributed by atoms with Crippen molar-refractivity contribution in [2.24, 2.45) is 0 Å². The van der Waals surface area contributed by atoms with Crippen LogP contribution < -0.4 is 15.8 Å². The van der Waals surface area contributed by atoms with Crippen molar-refractivity contribution in [2.45, 2.75) is 12.8 Å². The number of hydrogen-bond acceptors (Lipinski definition) is 5. The number of amides is 1. The van der Waals surface area contributed by atoms with Crippen molar-refractivity contribution in [2.75, 3.05) is 26.0 Å². The third kappa shape index (κ3) is 5.77. The number of ether oxygens (including phenoxy) is 2. The average molecular weight is 413 g/mol. The maximum Gasteiger partial charge on any atom is 0.315 e. The summed E-state index contributed by atoms with van der Waals surface area (Å²) in [6.45, 7) is 2.07. The van der Waals surface area contributed by atoms with E-state index < -0.39 is 17.8 Å². The maximum absolute atomic E-state index is 12.6. The van der Waals surface area contributed by atoms with Crippen LogP contribution in [0.25, 0.3) is 0 Å². The molecule has 0 spiro atoms. The second-order valence-corrected chi connectivity index (χ2v) is 5.91. The van der Waals surface area contributed by atoms with Gasteiger partial charge in [-0.3, -0.25) is 9.59 Å². The predicted octanol–water partition coefficient (Wildman–Crippen LogP) is 3.43. The molecule has 8 heteroatoms. The predicted molar refractivity (Wildman–Crippen MR) is 108 cm³/mol. The topological polar surface area (TPSA) is 90.7 Å². The molecule has 2 rings (SSSR count). The number of hydrogen-bond donors (Lipinski definition) is 2. The summed E-state index contributed by atoms with van der Waals surface area (Å²) in [5, 5.41) is 2.99. The highest BCUT2D eigenvalue weighted by atomic mass is 35.5. The van der Waals surface area contributed by atoms with Crippen molar-refractivity contribution in [1.29, 1.82) is 0 Å². The van der Waals surface area contributed by atoms with Crippen molar-refractivity contribution in [3.05, 3.63) is 58.6 Å². The number of benzene rings is 2. The van der Waals surface area contributed by atoms with E-state index in [4.69, 9.17) is 26.8 Å². The minimum absolute atomic E-state index is 0. The zero-order valence-corrected chi connectivity index (χ0v) is 16.6. The number of esters is 1. The third-order valence-electron chi connectivity index (χ3n) is 3.80. The number of anilines is 1. The van der Waals surface area contributed by atoms with Crippen LogP contribution in [0.1, 0.15) is 28.8 Å². The summed E-state index contributed by atoms with van der Waals surface area (Å²) >= 11 is 6.00. The zero-order valence-electron chi connectivity index (χ0n) is 15.0. The molecule has 0 saturated carbocycles. The SMILES string of the molecule is CCOC(=O)C(CNC(=O)c1cc(Cl)c(N)cc1OC)c1ccccc1.Cl. The van der Waals surface area contributed by atoms with Crippen LogP contribution in [0.15, 0.2) is 42.5 Å². The highest BCUT2D eigenvalue weighted by Gasteiger charge is 2.24. The van der Waals surface area contributed by atoms with E-state index in [1.165, 1.54) is 19.2 Å². The Bertz CT molecular complexity index is 785. The van der Waals surface area contributed by atoms with Crippen LogP contribution in [0.3, 0.4) is 0 Å². The summed E-state index contributed by atoms with van der Waals surface area (Å²) in [5.41, 5.74) is 7.04. The molecule has 0 fully saturated rings. The van der Waals surface area contributed by atoms with Crippen LogP contribution in [-0.2, 0) is 9.53 Å². The Morgan fingerprint density at radius 3 is 2.48 bits per heavy atom. The van der Waals surface area contributed by atoms with Crippen molar-refractivity contribution < 1.29 is 19.1 Å². The summed E-state index contributed by atoms with van der Waals surface area (Å²) in [7, 11) is 1.44. The fourth-order valence-electron chi connectivity index (χ4n) is 2.47. The van der Waals surface area contributed by atoms with E-state index in [1.807, 2.05) is 30.3 Å². The molecule has 0 aliphatic rings. The largest absolute Gasteiger partial charge is 0.496 e. The number of rotatable bonds is 7. The van der Waals surface area contributed by atoms with E-state index in [1.54, 1.807) is 6.92 Å². The van der Waals surface area contributed by atoms with Gasteiger partial charge in [-0.2, -0.15) is 0 Å². The fourth-order valence-corrected chi connectivity index (χ4v) is 2.63. The molecule has 2 aromatic carbocycles. The van der Waals surface area contributed by atoms with Gasteiger partial charge in [0, 0.05) is 12.6 Å². The first-order valence-electron chi connectivity index (χ1n) is 8.10. The number of nitrogen functional groups attached to an aromatic ring is 1. The first-order valence-corrected chi connectivity index (χ1v) is 8.48. The van der Waals surface area contributed by atoms with Gasteiger partial charge in [-0.05, 0) is 18.6 Å². The molecule has 0 bridgehead atoms. The zero-order chi connectivity index (χ0) is 19.1. The van der Waals surface area contributed by atoms with Crippen LogP contribution in [0.4, 0.5) is 5.69 Å². The molecule has 3 N–H and O–H groups in total. The van der Waals surface area contributed by atoms with Gasteiger partial charge in [-0.1, -0.05) is 41.9 Å². The molecule has 1 atom stereocenters. The van der Waals surface area contributed by atoms with E-state index in [0.717, 1.165) is 5.56 Å². The smallest absolute Gasteiger partial charge is 0.315 e. The lowest BCUT2D eigenvalue weighted by Gasteiger charge is -2.17. The van der Waals surface area contributed by atoms with Gasteiger partial charge in [0.1, 0.15) is 5.75 Å². The molecular weight excluding hydrogens is 391 g/mol. The third-order valence-corrected chi connectivity index (χ3v) is 4.13. The molecule has 6 nitrogen and oxygen atoms in total. The molecule has 0 saturated heterocycles. The Kier molecular flexibility index (Phi) is 8.91. The van der Waals surface area contributed by atoms with Crippen molar-refractivity contribution in [3.8, 4) is 5.75 Å². The second kappa shape index (κ2) is 10.6. The van der Waals surface area contributed by atoms with Crippen LogP contribution >= 0.6 is 24.0 Å². The minimum atomic E-state index is -0.615. The van der Waals surface area contributed by atoms with Crippen molar-refractivity contribution in [1.82, 2.24) is 5.32 Å². The fraction of sp³-hybridized carbons (Fsp3) is 0.263. The molecule has 0 aliphatic carbocycles.